The zero-order valence-electron chi connectivity index (χ0n) is 17.6. The molecule has 0 radical (unpaired) electrons. The molecule has 5 nitrogen and oxygen atoms in total. The van der Waals surface area contributed by atoms with Gasteiger partial charge in [0.15, 0.2) is 0 Å². The van der Waals surface area contributed by atoms with Gasteiger partial charge >= 0.3 is 0 Å². The number of rotatable bonds is 4. The van der Waals surface area contributed by atoms with Crippen molar-refractivity contribution in [2.75, 3.05) is 33.2 Å². The van der Waals surface area contributed by atoms with Crippen molar-refractivity contribution < 1.29 is 9.59 Å². The van der Waals surface area contributed by atoms with Crippen molar-refractivity contribution in [3.05, 3.63) is 63.5 Å². The van der Waals surface area contributed by atoms with E-state index >= 15 is 0 Å². The number of nitrogens with one attached hydrogen (secondary N) is 1. The Labute approximate surface area is 177 Å². The molecule has 1 aliphatic heterocycles. The number of benzene rings is 1. The van der Waals surface area contributed by atoms with Crippen molar-refractivity contribution in [1.82, 2.24) is 15.1 Å². The summed E-state index contributed by atoms with van der Waals surface area (Å²) >= 11 is 1.54. The Bertz CT molecular complexity index is 872. The summed E-state index contributed by atoms with van der Waals surface area (Å²) < 4.78 is 0. The maximum atomic E-state index is 13.1. The van der Waals surface area contributed by atoms with Crippen molar-refractivity contribution in [3.8, 4) is 0 Å². The number of carbonyl (C=O) groups excluding carboxylic acids is 2. The molecule has 29 heavy (non-hydrogen) atoms. The van der Waals surface area contributed by atoms with E-state index < -0.39 is 0 Å². The van der Waals surface area contributed by atoms with E-state index in [4.69, 9.17) is 0 Å². The van der Waals surface area contributed by atoms with Gasteiger partial charge in [-0.15, -0.1) is 11.3 Å². The SMILES string of the molecule is CN1CCN(C(=O)/C(=C\c2cccs2)NC(=O)c2ccc(C(C)(C)C)cc2)CC1. The fraction of sp³-hybridized carbons (Fsp3) is 0.391. The van der Waals surface area contributed by atoms with Gasteiger partial charge in [-0.25, -0.2) is 0 Å². The van der Waals surface area contributed by atoms with E-state index in [9.17, 15) is 9.59 Å². The van der Waals surface area contributed by atoms with Crippen molar-refractivity contribution in [1.29, 1.82) is 0 Å². The van der Waals surface area contributed by atoms with Crippen LogP contribution >= 0.6 is 11.3 Å². The Morgan fingerprint density at radius 2 is 1.69 bits per heavy atom. The van der Waals surface area contributed by atoms with Crippen molar-refractivity contribution >= 4 is 29.2 Å². The molecule has 1 aromatic carbocycles. The summed E-state index contributed by atoms with van der Waals surface area (Å²) in [6.07, 6.45) is 1.77. The van der Waals surface area contributed by atoms with Gasteiger partial charge in [0.2, 0.25) is 0 Å². The van der Waals surface area contributed by atoms with E-state index in [0.717, 1.165) is 23.5 Å². The van der Waals surface area contributed by atoms with E-state index in [-0.39, 0.29) is 17.2 Å². The molecule has 0 saturated carbocycles. The Morgan fingerprint density at radius 3 is 2.24 bits per heavy atom. The summed E-state index contributed by atoms with van der Waals surface area (Å²) in [5, 5.41) is 4.82. The lowest BCUT2D eigenvalue weighted by Gasteiger charge is -2.33. The summed E-state index contributed by atoms with van der Waals surface area (Å²) in [5.74, 6) is -0.401. The molecule has 0 atom stereocenters. The van der Waals surface area contributed by atoms with Crippen LogP contribution in [0.1, 0.15) is 41.6 Å². The first kappa shape index (κ1) is 21.3. The van der Waals surface area contributed by atoms with Crippen molar-refractivity contribution in [2.45, 2.75) is 26.2 Å². The summed E-state index contributed by atoms with van der Waals surface area (Å²) in [7, 11) is 2.05. The molecule has 2 heterocycles. The molecule has 0 aliphatic carbocycles. The van der Waals surface area contributed by atoms with E-state index in [1.165, 1.54) is 11.3 Å². The van der Waals surface area contributed by atoms with Gasteiger partial charge in [-0.3, -0.25) is 9.59 Å². The Balaban J connectivity index is 1.79. The van der Waals surface area contributed by atoms with Crippen molar-refractivity contribution in [2.24, 2.45) is 0 Å². The number of likely N-dealkylation sites (N-methyl/N-ethyl adjacent to an activating group) is 1. The normalized spacial score (nSPS) is 16.0. The molecule has 154 valence electrons. The van der Waals surface area contributed by atoms with Crippen LogP contribution in [0.25, 0.3) is 6.08 Å². The molecule has 6 heteroatoms. The van der Waals surface area contributed by atoms with Crippen LogP contribution in [0.3, 0.4) is 0 Å². The lowest BCUT2D eigenvalue weighted by atomic mass is 9.87. The van der Waals surface area contributed by atoms with Gasteiger partial charge in [-0.2, -0.15) is 0 Å². The zero-order chi connectivity index (χ0) is 21.0. The number of hydrogen-bond donors (Lipinski definition) is 1. The number of hydrogen-bond acceptors (Lipinski definition) is 4. The molecule has 0 unspecified atom stereocenters. The average molecular weight is 412 g/mol. The van der Waals surface area contributed by atoms with E-state index in [1.54, 1.807) is 6.08 Å². The standard InChI is InChI=1S/C23H29N3O2S/c1-23(2,3)18-9-7-17(8-10-18)21(27)24-20(16-19-6-5-15-29-19)22(28)26-13-11-25(4)12-14-26/h5-10,15-16H,11-14H2,1-4H3,(H,24,27)/b20-16+. The largest absolute Gasteiger partial charge is 0.335 e. The second-order valence-electron chi connectivity index (χ2n) is 8.45. The fourth-order valence-electron chi connectivity index (χ4n) is 3.16. The fourth-order valence-corrected chi connectivity index (χ4v) is 3.82. The van der Waals surface area contributed by atoms with E-state index in [1.807, 2.05) is 53.7 Å². The molecule has 1 saturated heterocycles. The van der Waals surface area contributed by atoms with Crippen LogP contribution in [-0.4, -0.2) is 54.8 Å². The highest BCUT2D eigenvalue weighted by atomic mass is 32.1. The van der Waals surface area contributed by atoms with Crippen LogP contribution in [0.5, 0.6) is 0 Å². The van der Waals surface area contributed by atoms with Crippen LogP contribution in [0.15, 0.2) is 47.5 Å². The predicted octanol–water partition coefficient (Wildman–Crippen LogP) is 3.59. The third kappa shape index (κ3) is 5.55. The number of piperazine rings is 1. The minimum atomic E-state index is -0.268. The van der Waals surface area contributed by atoms with E-state index in [0.29, 0.717) is 24.4 Å². The Morgan fingerprint density at radius 1 is 1.03 bits per heavy atom. The molecule has 1 aliphatic rings. The molecular formula is C23H29N3O2S. The minimum absolute atomic E-state index is 0.0244. The quantitative estimate of drug-likeness (QED) is 0.783. The van der Waals surface area contributed by atoms with Gasteiger partial charge < -0.3 is 15.1 Å². The molecule has 0 spiro atoms. The molecule has 2 aromatic rings. The highest BCUT2D eigenvalue weighted by molar-refractivity contribution is 7.10. The highest BCUT2D eigenvalue weighted by Crippen LogP contribution is 2.22. The molecule has 1 N–H and O–H groups in total. The van der Waals surface area contributed by atoms with Crippen LogP contribution in [-0.2, 0) is 10.2 Å². The topological polar surface area (TPSA) is 52.6 Å². The molecule has 2 amide bonds. The Hall–Kier alpha value is -2.44. The van der Waals surface area contributed by atoms with Gasteiger partial charge in [0.1, 0.15) is 5.70 Å². The van der Waals surface area contributed by atoms with Gasteiger partial charge in [0.25, 0.3) is 11.8 Å². The molecule has 1 aromatic heterocycles. The van der Waals surface area contributed by atoms with Crippen LogP contribution < -0.4 is 5.32 Å². The third-order valence-corrected chi connectivity index (χ3v) is 5.93. The maximum Gasteiger partial charge on any atom is 0.270 e. The second kappa shape index (κ2) is 8.93. The first-order valence-corrected chi connectivity index (χ1v) is 10.8. The van der Waals surface area contributed by atoms with Crippen LogP contribution in [0, 0.1) is 0 Å². The molecule has 0 bridgehead atoms. The highest BCUT2D eigenvalue weighted by Gasteiger charge is 2.24. The summed E-state index contributed by atoms with van der Waals surface area (Å²) in [5.41, 5.74) is 2.05. The Kier molecular flexibility index (Phi) is 6.55. The first-order chi connectivity index (χ1) is 13.7. The van der Waals surface area contributed by atoms with Gasteiger partial charge in [0, 0.05) is 36.6 Å². The summed E-state index contributed by atoms with van der Waals surface area (Å²) in [6, 6.07) is 11.4. The minimum Gasteiger partial charge on any atom is -0.335 e. The maximum absolute atomic E-state index is 13.1. The van der Waals surface area contributed by atoms with Crippen LogP contribution in [0.4, 0.5) is 0 Å². The monoisotopic (exact) mass is 411 g/mol. The number of amides is 2. The number of nitrogens with zero attached hydrogens (tertiary/aromatic N) is 2. The van der Waals surface area contributed by atoms with Crippen LogP contribution in [0.2, 0.25) is 0 Å². The molecule has 3 rings (SSSR count). The molecular weight excluding hydrogens is 382 g/mol. The van der Waals surface area contributed by atoms with Gasteiger partial charge in [-0.1, -0.05) is 39.0 Å². The lowest BCUT2D eigenvalue weighted by Crippen LogP contribution is -2.49. The third-order valence-electron chi connectivity index (χ3n) is 5.11. The zero-order valence-corrected chi connectivity index (χ0v) is 18.4. The van der Waals surface area contributed by atoms with Crippen molar-refractivity contribution in [3.63, 3.8) is 0 Å². The smallest absolute Gasteiger partial charge is 0.270 e. The summed E-state index contributed by atoms with van der Waals surface area (Å²) in [6.45, 7) is 9.40. The van der Waals surface area contributed by atoms with E-state index in [2.05, 4.69) is 31.0 Å². The predicted molar refractivity (Wildman–Crippen MR) is 119 cm³/mol. The summed E-state index contributed by atoms with van der Waals surface area (Å²) in [4.78, 5) is 30.9. The number of carbonyl (C=O) groups is 2. The first-order valence-electron chi connectivity index (χ1n) is 9.89. The van der Waals surface area contributed by atoms with Gasteiger partial charge in [-0.05, 0) is 47.7 Å². The molecule has 1 fully saturated rings. The van der Waals surface area contributed by atoms with Gasteiger partial charge in [0.05, 0.1) is 0 Å². The second-order valence-corrected chi connectivity index (χ2v) is 9.43. The number of thiophene rings is 1. The lowest BCUT2D eigenvalue weighted by molar-refractivity contribution is -0.128. The average Bonchev–Trinajstić information content (AvgIpc) is 3.20.